The average Bonchev–Trinajstić information content (AvgIpc) is 2.36. The number of aryl methyl sites for hydroxylation is 1. The fraction of sp³-hybridized carbons (Fsp3) is 0.200. The van der Waals surface area contributed by atoms with Gasteiger partial charge < -0.3 is 10.0 Å². The molecule has 0 fully saturated rings. The normalized spacial score (nSPS) is 10.9. The zero-order valence-corrected chi connectivity index (χ0v) is 11.3. The van der Waals surface area contributed by atoms with E-state index in [0.717, 1.165) is 16.9 Å². The summed E-state index contributed by atoms with van der Waals surface area (Å²) in [6.45, 7) is 1.82. The van der Waals surface area contributed by atoms with E-state index in [1.54, 1.807) is 6.08 Å². The van der Waals surface area contributed by atoms with Crippen LogP contribution < -0.4 is 4.90 Å². The van der Waals surface area contributed by atoms with E-state index < -0.39 is 0 Å². The molecule has 0 saturated heterocycles. The van der Waals surface area contributed by atoms with Crippen molar-refractivity contribution < 1.29 is 5.11 Å². The first-order valence-corrected chi connectivity index (χ1v) is 6.05. The van der Waals surface area contributed by atoms with Gasteiger partial charge in [0.1, 0.15) is 0 Å². The minimum atomic E-state index is -0.00453. The summed E-state index contributed by atoms with van der Waals surface area (Å²) in [4.78, 5) is 10.2. The number of aromatic nitrogens is 2. The van der Waals surface area contributed by atoms with Crippen LogP contribution in [-0.2, 0) is 0 Å². The molecular formula is C15H17N3O. The SMILES string of the molecule is Cc1cc(O)nc(C=Cc2ccc(N(C)C)cc2)n1. The van der Waals surface area contributed by atoms with Gasteiger partial charge >= 0.3 is 0 Å². The van der Waals surface area contributed by atoms with E-state index in [4.69, 9.17) is 0 Å². The summed E-state index contributed by atoms with van der Waals surface area (Å²) in [6.07, 6.45) is 3.71. The van der Waals surface area contributed by atoms with Crippen molar-refractivity contribution in [2.24, 2.45) is 0 Å². The fourth-order valence-electron chi connectivity index (χ4n) is 1.70. The summed E-state index contributed by atoms with van der Waals surface area (Å²) in [7, 11) is 4.02. The van der Waals surface area contributed by atoms with Crippen molar-refractivity contribution in [3.05, 3.63) is 47.4 Å². The summed E-state index contributed by atoms with van der Waals surface area (Å²) in [5.41, 5.74) is 2.96. The molecule has 0 aliphatic rings. The van der Waals surface area contributed by atoms with Crippen molar-refractivity contribution in [3.8, 4) is 5.88 Å². The predicted molar refractivity (Wildman–Crippen MR) is 78.1 cm³/mol. The molecule has 0 unspecified atom stereocenters. The molecule has 2 aromatic rings. The maximum Gasteiger partial charge on any atom is 0.214 e. The van der Waals surface area contributed by atoms with Crippen LogP contribution >= 0.6 is 0 Å². The second kappa shape index (κ2) is 5.52. The monoisotopic (exact) mass is 255 g/mol. The van der Waals surface area contributed by atoms with Crippen LogP contribution in [0.5, 0.6) is 5.88 Å². The molecule has 1 N–H and O–H groups in total. The van der Waals surface area contributed by atoms with Gasteiger partial charge in [0, 0.05) is 31.5 Å². The first-order chi connectivity index (χ1) is 9.04. The first kappa shape index (κ1) is 13.1. The van der Waals surface area contributed by atoms with Crippen molar-refractivity contribution in [3.63, 3.8) is 0 Å². The molecule has 4 heteroatoms. The third kappa shape index (κ3) is 3.55. The maximum atomic E-state index is 9.40. The van der Waals surface area contributed by atoms with Crippen LogP contribution in [0.2, 0.25) is 0 Å². The lowest BCUT2D eigenvalue weighted by Crippen LogP contribution is -2.07. The first-order valence-electron chi connectivity index (χ1n) is 6.05. The Balaban J connectivity index is 2.17. The van der Waals surface area contributed by atoms with E-state index in [2.05, 4.69) is 14.9 Å². The molecule has 0 amide bonds. The Kier molecular flexibility index (Phi) is 3.80. The van der Waals surface area contributed by atoms with Crippen molar-refractivity contribution in [1.29, 1.82) is 0 Å². The number of rotatable bonds is 3. The van der Waals surface area contributed by atoms with Gasteiger partial charge in [0.2, 0.25) is 5.88 Å². The highest BCUT2D eigenvalue weighted by molar-refractivity contribution is 5.68. The average molecular weight is 255 g/mol. The zero-order chi connectivity index (χ0) is 13.8. The third-order valence-electron chi connectivity index (χ3n) is 2.69. The number of aromatic hydroxyl groups is 1. The van der Waals surface area contributed by atoms with E-state index in [1.807, 2.05) is 51.4 Å². The van der Waals surface area contributed by atoms with Gasteiger partial charge in [-0.05, 0) is 30.7 Å². The largest absolute Gasteiger partial charge is 0.493 e. The molecule has 2 rings (SSSR count). The quantitative estimate of drug-likeness (QED) is 0.916. The Hall–Kier alpha value is -2.36. The van der Waals surface area contributed by atoms with E-state index in [0.29, 0.717) is 5.82 Å². The highest BCUT2D eigenvalue weighted by Gasteiger charge is 1.97. The van der Waals surface area contributed by atoms with Gasteiger partial charge in [-0.2, -0.15) is 4.98 Å². The van der Waals surface area contributed by atoms with Crippen molar-refractivity contribution >= 4 is 17.8 Å². The molecule has 0 atom stereocenters. The minimum absolute atomic E-state index is 0.00453. The molecule has 0 saturated carbocycles. The zero-order valence-electron chi connectivity index (χ0n) is 11.3. The molecule has 1 heterocycles. The Labute approximate surface area is 113 Å². The van der Waals surface area contributed by atoms with Crippen LogP contribution in [0.25, 0.3) is 12.2 Å². The highest BCUT2D eigenvalue weighted by Crippen LogP contribution is 2.14. The fourth-order valence-corrected chi connectivity index (χ4v) is 1.70. The summed E-state index contributed by atoms with van der Waals surface area (Å²) >= 11 is 0. The van der Waals surface area contributed by atoms with Crippen LogP contribution in [0, 0.1) is 6.92 Å². The number of nitrogens with zero attached hydrogens (tertiary/aromatic N) is 3. The molecule has 1 aromatic heterocycles. The second-order valence-corrected chi connectivity index (χ2v) is 4.55. The lowest BCUT2D eigenvalue weighted by molar-refractivity contribution is 0.450. The molecule has 0 bridgehead atoms. The van der Waals surface area contributed by atoms with Gasteiger partial charge in [0.15, 0.2) is 5.82 Å². The van der Waals surface area contributed by atoms with Crippen LogP contribution in [0.15, 0.2) is 30.3 Å². The Morgan fingerprint density at radius 2 is 1.74 bits per heavy atom. The number of hydrogen-bond acceptors (Lipinski definition) is 4. The second-order valence-electron chi connectivity index (χ2n) is 4.55. The van der Waals surface area contributed by atoms with Crippen LogP contribution in [0.4, 0.5) is 5.69 Å². The van der Waals surface area contributed by atoms with Gasteiger partial charge in [-0.25, -0.2) is 4.98 Å². The van der Waals surface area contributed by atoms with Crippen molar-refractivity contribution in [2.75, 3.05) is 19.0 Å². The smallest absolute Gasteiger partial charge is 0.214 e. The Morgan fingerprint density at radius 3 is 2.32 bits per heavy atom. The maximum absolute atomic E-state index is 9.40. The van der Waals surface area contributed by atoms with Crippen LogP contribution in [0.1, 0.15) is 17.1 Å². The van der Waals surface area contributed by atoms with E-state index in [9.17, 15) is 5.11 Å². The molecule has 19 heavy (non-hydrogen) atoms. The predicted octanol–water partition coefficient (Wildman–Crippen LogP) is 2.73. The summed E-state index contributed by atoms with van der Waals surface area (Å²) in [5, 5.41) is 9.40. The van der Waals surface area contributed by atoms with Crippen molar-refractivity contribution in [1.82, 2.24) is 9.97 Å². The summed E-state index contributed by atoms with van der Waals surface area (Å²) in [5.74, 6) is 0.504. The van der Waals surface area contributed by atoms with Crippen LogP contribution in [-0.4, -0.2) is 29.2 Å². The summed E-state index contributed by atoms with van der Waals surface area (Å²) in [6, 6.07) is 9.69. The van der Waals surface area contributed by atoms with Gasteiger partial charge in [-0.3, -0.25) is 0 Å². The van der Waals surface area contributed by atoms with E-state index >= 15 is 0 Å². The molecule has 4 nitrogen and oxygen atoms in total. The summed E-state index contributed by atoms with van der Waals surface area (Å²) < 4.78 is 0. The van der Waals surface area contributed by atoms with Gasteiger partial charge in [-0.1, -0.05) is 18.2 Å². The van der Waals surface area contributed by atoms with Crippen molar-refractivity contribution in [2.45, 2.75) is 6.92 Å². The van der Waals surface area contributed by atoms with Gasteiger partial charge in [-0.15, -0.1) is 0 Å². The third-order valence-corrected chi connectivity index (χ3v) is 2.69. The molecule has 0 radical (unpaired) electrons. The highest BCUT2D eigenvalue weighted by atomic mass is 16.3. The topological polar surface area (TPSA) is 49.3 Å². The van der Waals surface area contributed by atoms with Gasteiger partial charge in [0.05, 0.1) is 0 Å². The number of anilines is 1. The molecule has 1 aromatic carbocycles. The molecular weight excluding hydrogens is 238 g/mol. The minimum Gasteiger partial charge on any atom is -0.493 e. The molecule has 0 aliphatic heterocycles. The Bertz CT molecular complexity index is 569. The molecule has 0 spiro atoms. The van der Waals surface area contributed by atoms with E-state index in [1.165, 1.54) is 6.07 Å². The molecule has 98 valence electrons. The molecule has 0 aliphatic carbocycles. The standard InChI is InChI=1S/C15H17N3O/c1-11-10-15(19)17-14(16-11)9-6-12-4-7-13(8-5-12)18(2)3/h4-10H,1-3H3,(H,16,17,19). The lowest BCUT2D eigenvalue weighted by Gasteiger charge is -2.11. The number of benzene rings is 1. The van der Waals surface area contributed by atoms with Gasteiger partial charge in [0.25, 0.3) is 0 Å². The Morgan fingerprint density at radius 1 is 1.05 bits per heavy atom. The van der Waals surface area contributed by atoms with E-state index in [-0.39, 0.29) is 5.88 Å². The number of hydrogen-bond donors (Lipinski definition) is 1. The van der Waals surface area contributed by atoms with Crippen LogP contribution in [0.3, 0.4) is 0 Å². The lowest BCUT2D eigenvalue weighted by atomic mass is 10.2.